The van der Waals surface area contributed by atoms with Crippen molar-refractivity contribution in [3.63, 3.8) is 0 Å². The fourth-order valence-electron chi connectivity index (χ4n) is 17.5. The maximum Gasteiger partial charge on any atom is 0.308 e. The minimum absolute atomic E-state index is 0.0540. The van der Waals surface area contributed by atoms with Gasteiger partial charge in [-0.1, -0.05) is 149 Å². The van der Waals surface area contributed by atoms with Crippen LogP contribution in [-0.2, 0) is 30.4 Å². The number of likely N-dealkylation sites (tertiary alicyclic amines) is 4. The minimum Gasteiger partial charge on any atom is -0.497 e. The third kappa shape index (κ3) is 29.4. The summed E-state index contributed by atoms with van der Waals surface area (Å²) in [6.45, 7) is 14.7. The molecule has 8 aromatic rings. The number of amides is 1. The summed E-state index contributed by atoms with van der Waals surface area (Å²) in [7, 11) is 24.0. The van der Waals surface area contributed by atoms with Crippen molar-refractivity contribution in [3.8, 4) is 51.7 Å². The number of carboxylic acids is 4. The molecular weight excluding hydrogens is 1570 g/mol. The Labute approximate surface area is 736 Å². The van der Waals surface area contributed by atoms with Gasteiger partial charge < -0.3 is 87.1 Å². The predicted molar refractivity (Wildman–Crippen MR) is 487 cm³/mol. The van der Waals surface area contributed by atoms with E-state index in [-0.39, 0.29) is 78.0 Å². The number of carbonyl (C=O) groups excluding carboxylic acids is 1. The average Bonchev–Trinajstić information content (AvgIpc) is 1.64. The Morgan fingerprint density at radius 3 is 1.09 bits per heavy atom. The van der Waals surface area contributed by atoms with Crippen molar-refractivity contribution in [3.05, 3.63) is 234 Å². The molecule has 4 N–H and O–H groups in total. The molecule has 8 aromatic carbocycles. The molecule has 4 saturated heterocycles. The van der Waals surface area contributed by atoms with Crippen LogP contribution in [0.2, 0.25) is 0 Å². The van der Waals surface area contributed by atoms with Crippen LogP contribution in [0.1, 0.15) is 124 Å². The van der Waals surface area contributed by atoms with E-state index in [2.05, 4.69) is 53.7 Å². The molecular formula is C100H137N6O18+. The Bertz CT molecular complexity index is 4150. The Kier molecular flexibility index (Phi) is 41.5. The van der Waals surface area contributed by atoms with Crippen LogP contribution >= 0.6 is 0 Å². The van der Waals surface area contributed by atoms with Gasteiger partial charge >= 0.3 is 23.9 Å². The molecule has 0 aromatic heterocycles. The summed E-state index contributed by atoms with van der Waals surface area (Å²) in [6, 6.07) is 65.8. The number of nitrogens with zero attached hydrogens (tertiary/aromatic N) is 6. The Balaban J connectivity index is 0.000000219. The second kappa shape index (κ2) is 51.4. The molecule has 0 saturated carbocycles. The fourth-order valence-corrected chi connectivity index (χ4v) is 17.5. The van der Waals surface area contributed by atoms with E-state index in [1.807, 2.05) is 247 Å². The molecule has 0 aliphatic carbocycles. The van der Waals surface area contributed by atoms with Gasteiger partial charge in [0.05, 0.1) is 121 Å². The smallest absolute Gasteiger partial charge is 0.308 e. The topological polar surface area (TPSA) is 266 Å². The number of benzene rings is 8. The second-order valence-corrected chi connectivity index (χ2v) is 32.9. The summed E-state index contributed by atoms with van der Waals surface area (Å²) in [5.74, 6) is 2.66. The van der Waals surface area contributed by atoms with Gasteiger partial charge in [-0.25, -0.2) is 0 Å². The Morgan fingerprint density at radius 2 is 0.750 bits per heavy atom. The van der Waals surface area contributed by atoms with E-state index in [4.69, 9.17) is 42.6 Å². The number of methoxy groups -OCH3 is 7. The number of quaternary nitrogens is 1. The zero-order chi connectivity index (χ0) is 90.4. The van der Waals surface area contributed by atoms with Crippen LogP contribution < -0.4 is 42.6 Å². The van der Waals surface area contributed by atoms with Gasteiger partial charge in [-0.05, 0) is 172 Å². The van der Waals surface area contributed by atoms with Gasteiger partial charge in [-0.2, -0.15) is 0 Å². The monoisotopic (exact) mass is 1710 g/mol. The quantitative estimate of drug-likeness (QED) is 0.0294. The second-order valence-electron chi connectivity index (χ2n) is 32.9. The lowest BCUT2D eigenvalue weighted by Crippen LogP contribution is -2.46. The lowest BCUT2D eigenvalue weighted by atomic mass is 9.83. The summed E-state index contributed by atoms with van der Waals surface area (Å²) < 4.78 is 48.3. The van der Waals surface area contributed by atoms with Crippen molar-refractivity contribution in [2.45, 2.75) is 127 Å². The number of rotatable bonds is 31. The number of hydrogen-bond acceptors (Lipinski definition) is 18. The molecule has 674 valence electrons. The van der Waals surface area contributed by atoms with Crippen molar-refractivity contribution in [2.24, 2.45) is 23.7 Å². The highest BCUT2D eigenvalue weighted by Gasteiger charge is 2.49. The summed E-state index contributed by atoms with van der Waals surface area (Å²) in [5, 5.41) is 39.1. The van der Waals surface area contributed by atoms with Crippen molar-refractivity contribution >= 4 is 29.8 Å². The molecule has 5 heterocycles. The zero-order valence-corrected chi connectivity index (χ0v) is 76.0. The number of carbonyl (C=O) groups is 5. The molecule has 13 rings (SSSR count). The van der Waals surface area contributed by atoms with Crippen LogP contribution in [0.5, 0.6) is 51.7 Å². The van der Waals surface area contributed by atoms with Gasteiger partial charge in [-0.15, -0.1) is 0 Å². The van der Waals surface area contributed by atoms with Gasteiger partial charge in [0, 0.05) is 99.9 Å². The minimum atomic E-state index is -0.843. The highest BCUT2D eigenvalue weighted by atomic mass is 16.5. The van der Waals surface area contributed by atoms with E-state index < -0.39 is 29.8 Å². The summed E-state index contributed by atoms with van der Waals surface area (Å²) in [4.78, 5) is 72.0. The summed E-state index contributed by atoms with van der Waals surface area (Å²) >= 11 is 0. The van der Waals surface area contributed by atoms with Gasteiger partial charge in [-0.3, -0.25) is 28.9 Å². The molecule has 4 fully saturated rings. The van der Waals surface area contributed by atoms with Crippen LogP contribution in [0.3, 0.4) is 0 Å². The first-order chi connectivity index (χ1) is 59.6. The normalized spacial score (nSPS) is 21.2. The third-order valence-electron chi connectivity index (χ3n) is 24.0. The van der Waals surface area contributed by atoms with E-state index in [0.717, 1.165) is 150 Å². The summed E-state index contributed by atoms with van der Waals surface area (Å²) in [6.07, 6.45) is 6.77. The van der Waals surface area contributed by atoms with Crippen molar-refractivity contribution in [1.82, 2.24) is 24.5 Å². The number of ether oxygens (including phenoxy) is 9. The van der Waals surface area contributed by atoms with Gasteiger partial charge in [0.2, 0.25) is 5.91 Å². The van der Waals surface area contributed by atoms with Gasteiger partial charge in [0.1, 0.15) is 40.2 Å². The lowest BCUT2D eigenvalue weighted by molar-refractivity contribution is -0.870. The van der Waals surface area contributed by atoms with Crippen LogP contribution in [0, 0.1) is 23.7 Å². The predicted octanol–water partition coefficient (Wildman–Crippen LogP) is 16.0. The zero-order valence-electron chi connectivity index (χ0n) is 76.0. The highest BCUT2D eigenvalue weighted by Crippen LogP contribution is 2.44. The average molecular weight is 1710 g/mol. The standard InChI is InChI=1S/C34H49N3O6.3C15H21NO3.3C7H8O/c1-6-7-17-35(18-10-19-37(2,3)4)32(38)24-36-23-27(25-13-14-29-26(22-25)15-20-42-29)33(34(39)40)28(36)16-21-43-31-12-9-8-11-30(31)41-5;3*1-4-13-14(15(17)18)12(9-16(13)2)10-5-7-11(19-3)8-6-10;3*1-8-7-5-3-2-4-6-7/h8-9,11-14,22,27-28,33H,6-7,10,15-21,23-24H2,1-5H3;3*5-8,12-14H,4,9H2,1-3H3,(H,17,18);3*2-6H,1H3/p+1/t27-,28+,33-;3*12-,13+,14-;;;/m1111.../s1. The van der Waals surface area contributed by atoms with Crippen LogP contribution in [-0.4, -0.2) is 261 Å². The molecule has 0 radical (unpaired) electrons. The molecule has 24 nitrogen and oxygen atoms in total. The number of unbranched alkanes of at least 4 members (excludes halogenated alkanes) is 1. The highest BCUT2D eigenvalue weighted by molar-refractivity contribution is 5.79. The molecule has 1 amide bonds. The molecule has 12 atom stereocenters. The van der Waals surface area contributed by atoms with Crippen molar-refractivity contribution in [1.29, 1.82) is 0 Å². The first kappa shape index (κ1) is 100. The molecule has 5 aliphatic rings. The van der Waals surface area contributed by atoms with Crippen molar-refractivity contribution in [2.75, 3.05) is 158 Å². The molecule has 0 spiro atoms. The molecule has 5 aliphatic heterocycles. The maximum absolute atomic E-state index is 13.8. The van der Waals surface area contributed by atoms with Gasteiger partial charge in [0.15, 0.2) is 11.5 Å². The van der Waals surface area contributed by atoms with E-state index in [1.54, 1.807) is 49.8 Å². The molecule has 124 heavy (non-hydrogen) atoms. The largest absolute Gasteiger partial charge is 0.497 e. The third-order valence-corrected chi connectivity index (χ3v) is 24.0. The van der Waals surface area contributed by atoms with Crippen LogP contribution in [0.4, 0.5) is 0 Å². The fraction of sp³-hybridized carbons (Fsp3) is 0.470. The lowest BCUT2D eigenvalue weighted by Gasteiger charge is -2.30. The van der Waals surface area contributed by atoms with E-state index in [0.29, 0.717) is 44.2 Å². The number of fused-ring (bicyclic) bond motifs is 1. The Morgan fingerprint density at radius 1 is 0.411 bits per heavy atom. The van der Waals surface area contributed by atoms with E-state index >= 15 is 0 Å². The van der Waals surface area contributed by atoms with Crippen LogP contribution in [0.15, 0.2) is 206 Å². The number of aliphatic carboxylic acids is 4. The molecule has 0 unspecified atom stereocenters. The maximum atomic E-state index is 13.8. The first-order valence-corrected chi connectivity index (χ1v) is 43.2. The number of para-hydroxylation sites is 5. The Hall–Kier alpha value is -10.9. The van der Waals surface area contributed by atoms with E-state index in [9.17, 15) is 44.4 Å². The molecule has 24 heteroatoms. The summed E-state index contributed by atoms with van der Waals surface area (Å²) in [5.41, 5.74) is 5.35. The SMILES string of the molecule is CCCCN(CCC[N+](C)(C)C)C(=O)CN1C[C@H](c2ccc3c(c2)CCO3)[C@@H](C(=O)O)[C@@H]1CCOc1ccccc1OC.CC[C@H]1[C@H](C(=O)O)[C@@H](c2ccc(OC)cc2)CN1C.CC[C@H]1[C@H](C(=O)O)[C@@H](c2ccc(OC)cc2)CN1C.CC[C@H]1[C@H](C(=O)O)[C@@H](c2ccc(OC)cc2)CN1C.COc1ccccc1.COc1ccccc1.COc1ccccc1. The first-order valence-electron chi connectivity index (χ1n) is 43.2. The number of likely N-dealkylation sites (N-methyl/N-ethyl adjacent to an activating group) is 3. The number of carboxylic acid groups (broad SMARTS) is 4. The van der Waals surface area contributed by atoms with Gasteiger partial charge in [0.25, 0.3) is 0 Å². The van der Waals surface area contributed by atoms with Crippen molar-refractivity contribution < 1.29 is 91.5 Å². The van der Waals surface area contributed by atoms with Crippen LogP contribution in [0.25, 0.3) is 0 Å². The molecule has 0 bridgehead atoms. The van der Waals surface area contributed by atoms with E-state index in [1.165, 1.54) is 0 Å². The number of hydrogen-bond donors (Lipinski definition) is 4.